The number of thiophene rings is 1. The second-order valence-electron chi connectivity index (χ2n) is 13.0. The number of hydrogen-bond acceptors (Lipinski definition) is 3. The van der Waals surface area contributed by atoms with Gasteiger partial charge >= 0.3 is 0 Å². The van der Waals surface area contributed by atoms with Crippen LogP contribution in [0, 0.1) is 0 Å². The molecule has 3 heteroatoms. The zero-order chi connectivity index (χ0) is 33.7. The second kappa shape index (κ2) is 12.2. The predicted molar refractivity (Wildman–Crippen MR) is 217 cm³/mol. The molecule has 0 aliphatic heterocycles. The summed E-state index contributed by atoms with van der Waals surface area (Å²) in [5, 5.41) is 5.98. The Morgan fingerprint density at radius 1 is 0.333 bits per heavy atom. The fourth-order valence-electron chi connectivity index (χ4n) is 7.32. The third-order valence-corrected chi connectivity index (χ3v) is 11.1. The fourth-order valence-corrected chi connectivity index (χ4v) is 8.60. The molecular weight excluding hydrogens is 637 g/mol. The summed E-state index contributed by atoms with van der Waals surface area (Å²) in [6.07, 6.45) is 0. The Kier molecular flexibility index (Phi) is 7.04. The van der Waals surface area contributed by atoms with Gasteiger partial charge in [-0.1, -0.05) is 170 Å². The highest BCUT2D eigenvalue weighted by Crippen LogP contribution is 2.43. The van der Waals surface area contributed by atoms with E-state index in [-0.39, 0.29) is 0 Å². The van der Waals surface area contributed by atoms with Crippen LogP contribution in [0.2, 0.25) is 0 Å². The number of fused-ring (bicyclic) bond motifs is 6. The summed E-state index contributed by atoms with van der Waals surface area (Å²) in [5.41, 5.74) is 11.2. The molecule has 2 aromatic heterocycles. The van der Waals surface area contributed by atoms with E-state index in [2.05, 4.69) is 182 Å². The lowest BCUT2D eigenvalue weighted by molar-refractivity contribution is 1.24. The Labute approximate surface area is 300 Å². The van der Waals surface area contributed by atoms with Gasteiger partial charge in [-0.3, -0.25) is 0 Å². The van der Waals surface area contributed by atoms with E-state index >= 15 is 0 Å². The molecule has 0 N–H and O–H groups in total. The van der Waals surface area contributed by atoms with Crippen molar-refractivity contribution in [2.45, 2.75) is 0 Å². The van der Waals surface area contributed by atoms with Gasteiger partial charge in [-0.2, -0.15) is 0 Å². The maximum Gasteiger partial charge on any atom is 0.161 e. The largest absolute Gasteiger partial charge is 0.226 e. The summed E-state index contributed by atoms with van der Waals surface area (Å²) in [5.74, 6) is 0.744. The highest BCUT2D eigenvalue weighted by molar-refractivity contribution is 7.27. The minimum Gasteiger partial charge on any atom is -0.226 e. The molecule has 2 nitrogen and oxygen atoms in total. The molecular formula is C48H30N2S. The van der Waals surface area contributed by atoms with E-state index in [1.165, 1.54) is 54.1 Å². The van der Waals surface area contributed by atoms with Crippen LogP contribution in [0.15, 0.2) is 182 Å². The van der Waals surface area contributed by atoms with Crippen molar-refractivity contribution in [1.29, 1.82) is 0 Å². The zero-order valence-electron chi connectivity index (χ0n) is 27.6. The van der Waals surface area contributed by atoms with Crippen molar-refractivity contribution in [2.24, 2.45) is 0 Å². The molecule has 10 rings (SSSR count). The van der Waals surface area contributed by atoms with Gasteiger partial charge in [0.15, 0.2) is 5.82 Å². The lowest BCUT2D eigenvalue weighted by atomic mass is 9.96. The van der Waals surface area contributed by atoms with Gasteiger partial charge in [-0.25, -0.2) is 9.97 Å². The van der Waals surface area contributed by atoms with Crippen LogP contribution in [0.3, 0.4) is 0 Å². The predicted octanol–water partition coefficient (Wildman–Crippen LogP) is 13.5. The molecule has 0 saturated heterocycles. The summed E-state index contributed by atoms with van der Waals surface area (Å²) < 4.78 is 2.35. The summed E-state index contributed by atoms with van der Waals surface area (Å²) in [6.45, 7) is 0. The van der Waals surface area contributed by atoms with Gasteiger partial charge in [-0.05, 0) is 67.1 Å². The maximum absolute atomic E-state index is 5.40. The molecule has 0 bridgehead atoms. The lowest BCUT2D eigenvalue weighted by Crippen LogP contribution is -1.94. The monoisotopic (exact) mass is 666 g/mol. The van der Waals surface area contributed by atoms with Gasteiger partial charge < -0.3 is 0 Å². The van der Waals surface area contributed by atoms with Crippen LogP contribution in [0.1, 0.15) is 0 Å². The zero-order valence-corrected chi connectivity index (χ0v) is 28.4. The second-order valence-corrected chi connectivity index (χ2v) is 14.0. The molecule has 0 saturated carbocycles. The highest BCUT2D eigenvalue weighted by Gasteiger charge is 2.19. The Hall–Kier alpha value is -6.42. The molecule has 0 fully saturated rings. The number of benzene rings is 8. The average Bonchev–Trinajstić information content (AvgIpc) is 3.60. The van der Waals surface area contributed by atoms with Crippen molar-refractivity contribution in [3.05, 3.63) is 182 Å². The number of rotatable bonds is 5. The molecule has 0 unspecified atom stereocenters. The molecule has 51 heavy (non-hydrogen) atoms. The summed E-state index contributed by atoms with van der Waals surface area (Å²) >= 11 is 1.80. The molecule has 0 atom stereocenters. The van der Waals surface area contributed by atoms with E-state index in [0.29, 0.717) is 0 Å². The Morgan fingerprint density at radius 2 is 0.863 bits per heavy atom. The third-order valence-electron chi connectivity index (χ3n) is 9.89. The summed E-state index contributed by atoms with van der Waals surface area (Å²) in [4.78, 5) is 10.7. The topological polar surface area (TPSA) is 25.8 Å². The van der Waals surface area contributed by atoms with E-state index in [4.69, 9.17) is 9.97 Å². The quantitative estimate of drug-likeness (QED) is 0.183. The first kappa shape index (κ1) is 29.5. The van der Waals surface area contributed by atoms with Gasteiger partial charge in [-0.15, -0.1) is 11.3 Å². The molecule has 10 aromatic rings. The fraction of sp³-hybridized carbons (Fsp3) is 0. The molecule has 2 heterocycles. The number of hydrogen-bond donors (Lipinski definition) is 0. The molecule has 238 valence electrons. The summed E-state index contributed by atoms with van der Waals surface area (Å²) in [7, 11) is 0. The standard InChI is InChI=1S/C48H30N2S/c1-2-11-31(12-3-1)32-23-25-33(26-24-32)36-16-8-17-37(29-36)38-18-9-19-39(30-38)44-47-45(43-28-27-35-14-5-7-21-41(35)46(43)51-47)50-48(49-44)42-22-10-15-34-13-4-6-20-40(34)42/h1-30H. The first-order valence-electron chi connectivity index (χ1n) is 17.2. The van der Waals surface area contributed by atoms with Crippen LogP contribution in [-0.2, 0) is 0 Å². The van der Waals surface area contributed by atoms with E-state index in [1.54, 1.807) is 11.3 Å². The van der Waals surface area contributed by atoms with E-state index in [1.807, 2.05) is 0 Å². The van der Waals surface area contributed by atoms with E-state index in [9.17, 15) is 0 Å². The smallest absolute Gasteiger partial charge is 0.161 e. The van der Waals surface area contributed by atoms with Gasteiger partial charge in [0.2, 0.25) is 0 Å². The Balaban J connectivity index is 1.13. The van der Waals surface area contributed by atoms with Crippen LogP contribution < -0.4 is 0 Å². The average molecular weight is 667 g/mol. The molecule has 0 aliphatic carbocycles. The van der Waals surface area contributed by atoms with Crippen molar-refractivity contribution in [3.8, 4) is 56.0 Å². The lowest BCUT2D eigenvalue weighted by Gasteiger charge is -2.11. The van der Waals surface area contributed by atoms with Crippen molar-refractivity contribution in [1.82, 2.24) is 9.97 Å². The minimum absolute atomic E-state index is 0.744. The van der Waals surface area contributed by atoms with Crippen LogP contribution >= 0.6 is 11.3 Å². The van der Waals surface area contributed by atoms with Crippen LogP contribution in [0.5, 0.6) is 0 Å². The van der Waals surface area contributed by atoms with Crippen LogP contribution in [-0.4, -0.2) is 9.97 Å². The first-order chi connectivity index (χ1) is 25.3. The van der Waals surface area contributed by atoms with Crippen molar-refractivity contribution >= 4 is 53.2 Å². The molecule has 0 spiro atoms. The van der Waals surface area contributed by atoms with Crippen molar-refractivity contribution < 1.29 is 0 Å². The normalized spacial score (nSPS) is 11.5. The molecule has 0 radical (unpaired) electrons. The third kappa shape index (κ3) is 5.18. The van der Waals surface area contributed by atoms with E-state index in [0.717, 1.165) is 43.8 Å². The SMILES string of the molecule is c1ccc(-c2ccc(-c3cccc(-c4cccc(-c5nc(-c6cccc7ccccc67)nc6c5sc5c7ccccc7ccc65)c4)c3)cc2)cc1. The Bertz CT molecular complexity index is 2900. The van der Waals surface area contributed by atoms with Crippen LogP contribution in [0.4, 0.5) is 0 Å². The van der Waals surface area contributed by atoms with Crippen molar-refractivity contribution in [2.75, 3.05) is 0 Å². The summed E-state index contributed by atoms with van der Waals surface area (Å²) in [6, 6.07) is 65.0. The maximum atomic E-state index is 5.40. The van der Waals surface area contributed by atoms with Crippen molar-refractivity contribution in [3.63, 3.8) is 0 Å². The van der Waals surface area contributed by atoms with Gasteiger partial charge in [0.05, 0.1) is 15.9 Å². The molecule has 0 amide bonds. The van der Waals surface area contributed by atoms with Crippen LogP contribution in [0.25, 0.3) is 97.9 Å². The Morgan fingerprint density at radius 3 is 1.63 bits per heavy atom. The van der Waals surface area contributed by atoms with E-state index < -0.39 is 0 Å². The van der Waals surface area contributed by atoms with Gasteiger partial charge in [0.25, 0.3) is 0 Å². The van der Waals surface area contributed by atoms with Gasteiger partial charge in [0.1, 0.15) is 0 Å². The molecule has 8 aromatic carbocycles. The minimum atomic E-state index is 0.744. The first-order valence-corrected chi connectivity index (χ1v) is 18.1. The number of aromatic nitrogens is 2. The molecule has 0 aliphatic rings. The van der Waals surface area contributed by atoms with Gasteiger partial charge in [0, 0.05) is 21.2 Å². The highest BCUT2D eigenvalue weighted by atomic mass is 32.1. The number of nitrogens with zero attached hydrogens (tertiary/aromatic N) is 2.